The molecule has 4 heteroatoms. The van der Waals surface area contributed by atoms with Crippen LogP contribution in [0, 0.1) is 5.92 Å². The molecule has 0 spiro atoms. The van der Waals surface area contributed by atoms with Gasteiger partial charge in [-0.05, 0) is 45.3 Å². The van der Waals surface area contributed by atoms with Crippen molar-refractivity contribution >= 4 is 0 Å². The summed E-state index contributed by atoms with van der Waals surface area (Å²) in [6, 6.07) is 0. The quantitative estimate of drug-likeness (QED) is 0.800. The van der Waals surface area contributed by atoms with Crippen LogP contribution in [-0.4, -0.2) is 40.6 Å². The summed E-state index contributed by atoms with van der Waals surface area (Å²) in [6.45, 7) is 11.3. The lowest BCUT2D eigenvalue weighted by atomic mass is 10.1. The predicted octanol–water partition coefficient (Wildman–Crippen LogP) is 1.72. The van der Waals surface area contributed by atoms with Crippen LogP contribution in [-0.2, 0) is 13.1 Å². The highest BCUT2D eigenvalue weighted by Crippen LogP contribution is 2.09. The van der Waals surface area contributed by atoms with Crippen LogP contribution in [0.15, 0.2) is 12.4 Å². The van der Waals surface area contributed by atoms with Crippen LogP contribution in [0.25, 0.3) is 0 Å². The van der Waals surface area contributed by atoms with E-state index < -0.39 is 0 Å². The molecular formula is C14H26N4. The second-order valence-electron chi connectivity index (χ2n) is 5.37. The van der Waals surface area contributed by atoms with Crippen molar-refractivity contribution in [2.75, 3.05) is 26.2 Å². The van der Waals surface area contributed by atoms with Gasteiger partial charge in [0.05, 0.1) is 6.54 Å². The number of hydrogen-bond acceptors (Lipinski definition) is 3. The van der Waals surface area contributed by atoms with Crippen LogP contribution in [0.2, 0.25) is 0 Å². The van der Waals surface area contributed by atoms with Crippen LogP contribution in [0.1, 0.15) is 32.5 Å². The molecule has 4 nitrogen and oxygen atoms in total. The van der Waals surface area contributed by atoms with Gasteiger partial charge in [0.2, 0.25) is 0 Å². The molecule has 0 aliphatic carbocycles. The highest BCUT2D eigenvalue weighted by Gasteiger charge is 2.14. The van der Waals surface area contributed by atoms with E-state index in [1.807, 2.05) is 12.4 Å². The van der Waals surface area contributed by atoms with E-state index in [0.29, 0.717) is 5.92 Å². The maximum absolute atomic E-state index is 4.38. The van der Waals surface area contributed by atoms with E-state index >= 15 is 0 Å². The fraction of sp³-hybridized carbons (Fsp3) is 0.786. The van der Waals surface area contributed by atoms with Crippen molar-refractivity contribution in [1.29, 1.82) is 0 Å². The molecule has 2 heterocycles. The number of imidazole rings is 1. The molecule has 1 unspecified atom stereocenters. The van der Waals surface area contributed by atoms with Gasteiger partial charge in [0.15, 0.2) is 0 Å². The number of nitrogens with one attached hydrogen (secondary N) is 1. The fourth-order valence-corrected chi connectivity index (χ4v) is 2.70. The van der Waals surface area contributed by atoms with Crippen molar-refractivity contribution in [3.05, 3.63) is 18.2 Å². The lowest BCUT2D eigenvalue weighted by molar-refractivity contribution is 0.282. The van der Waals surface area contributed by atoms with Crippen LogP contribution in [0.3, 0.4) is 0 Å². The summed E-state index contributed by atoms with van der Waals surface area (Å²) < 4.78 is 2.19. The van der Waals surface area contributed by atoms with E-state index in [-0.39, 0.29) is 0 Å². The Morgan fingerprint density at radius 2 is 2.17 bits per heavy atom. The first-order valence-corrected chi connectivity index (χ1v) is 7.22. The second kappa shape index (κ2) is 6.90. The Hall–Kier alpha value is -0.870. The molecule has 1 saturated heterocycles. The summed E-state index contributed by atoms with van der Waals surface area (Å²) in [6.07, 6.45) is 6.70. The molecule has 1 aromatic heterocycles. The number of aryl methyl sites for hydroxylation is 1. The Bertz CT molecular complexity index is 341. The molecule has 1 aliphatic rings. The van der Waals surface area contributed by atoms with Gasteiger partial charge in [-0.2, -0.15) is 0 Å². The van der Waals surface area contributed by atoms with Gasteiger partial charge in [0.25, 0.3) is 0 Å². The molecule has 1 aliphatic heterocycles. The Kier molecular flexibility index (Phi) is 5.20. The van der Waals surface area contributed by atoms with Gasteiger partial charge in [0, 0.05) is 25.5 Å². The van der Waals surface area contributed by atoms with Crippen LogP contribution in [0.4, 0.5) is 0 Å². The molecular weight excluding hydrogens is 224 g/mol. The summed E-state index contributed by atoms with van der Waals surface area (Å²) in [7, 11) is 0. The smallest absolute Gasteiger partial charge is 0.122 e. The first-order valence-electron chi connectivity index (χ1n) is 7.22. The zero-order valence-electron chi connectivity index (χ0n) is 11.7. The normalized spacial score (nSPS) is 18.3. The molecule has 1 atom stereocenters. The van der Waals surface area contributed by atoms with E-state index in [1.54, 1.807) is 0 Å². The highest BCUT2D eigenvalue weighted by atomic mass is 15.1. The van der Waals surface area contributed by atoms with E-state index in [1.165, 1.54) is 32.5 Å². The molecule has 1 N–H and O–H groups in total. The maximum atomic E-state index is 4.38. The number of nitrogens with zero attached hydrogens (tertiary/aromatic N) is 3. The molecule has 0 aromatic carbocycles. The van der Waals surface area contributed by atoms with Gasteiger partial charge >= 0.3 is 0 Å². The standard InChI is InChI=1S/C14H26N4/c1-3-18-9-6-16-14(18)11-15-10-13(2)12-17-7-4-5-8-17/h6,9,13,15H,3-5,7-8,10-12H2,1-2H3. The third-order valence-corrected chi connectivity index (χ3v) is 3.69. The lowest BCUT2D eigenvalue weighted by Gasteiger charge is -2.20. The first-order chi connectivity index (χ1) is 8.79. The van der Waals surface area contributed by atoms with Gasteiger partial charge in [0.1, 0.15) is 5.82 Å². The lowest BCUT2D eigenvalue weighted by Crippen LogP contribution is -2.31. The van der Waals surface area contributed by atoms with Crippen LogP contribution in [0.5, 0.6) is 0 Å². The molecule has 0 radical (unpaired) electrons. The first kappa shape index (κ1) is 13.6. The number of rotatable bonds is 7. The Labute approximate surface area is 110 Å². The van der Waals surface area contributed by atoms with Crippen LogP contribution < -0.4 is 5.32 Å². The SMILES string of the molecule is CCn1ccnc1CNCC(C)CN1CCCC1. The van der Waals surface area contributed by atoms with Crippen molar-refractivity contribution in [3.8, 4) is 0 Å². The minimum atomic E-state index is 0.716. The Morgan fingerprint density at radius 1 is 1.39 bits per heavy atom. The van der Waals surface area contributed by atoms with Crippen LogP contribution >= 0.6 is 0 Å². The highest BCUT2D eigenvalue weighted by molar-refractivity contribution is 4.91. The van der Waals surface area contributed by atoms with Gasteiger partial charge in [-0.3, -0.25) is 0 Å². The van der Waals surface area contributed by atoms with Gasteiger partial charge in [-0.1, -0.05) is 6.92 Å². The van der Waals surface area contributed by atoms with Gasteiger partial charge in [-0.25, -0.2) is 4.98 Å². The average Bonchev–Trinajstić information content (AvgIpc) is 3.00. The van der Waals surface area contributed by atoms with E-state index in [9.17, 15) is 0 Å². The van der Waals surface area contributed by atoms with E-state index in [0.717, 1.165) is 25.5 Å². The zero-order chi connectivity index (χ0) is 12.8. The summed E-state index contributed by atoms with van der Waals surface area (Å²) in [5.74, 6) is 1.86. The molecule has 0 saturated carbocycles. The minimum absolute atomic E-state index is 0.716. The van der Waals surface area contributed by atoms with Crippen molar-refractivity contribution < 1.29 is 0 Å². The minimum Gasteiger partial charge on any atom is -0.334 e. The second-order valence-corrected chi connectivity index (χ2v) is 5.37. The monoisotopic (exact) mass is 250 g/mol. The summed E-state index contributed by atoms with van der Waals surface area (Å²) in [4.78, 5) is 6.96. The Balaban J connectivity index is 1.65. The third-order valence-electron chi connectivity index (χ3n) is 3.69. The zero-order valence-corrected chi connectivity index (χ0v) is 11.7. The molecule has 1 fully saturated rings. The summed E-state index contributed by atoms with van der Waals surface area (Å²) in [5, 5.41) is 3.53. The number of hydrogen-bond donors (Lipinski definition) is 1. The molecule has 0 bridgehead atoms. The topological polar surface area (TPSA) is 33.1 Å². The molecule has 1 aromatic rings. The number of aromatic nitrogens is 2. The Morgan fingerprint density at radius 3 is 2.89 bits per heavy atom. The molecule has 18 heavy (non-hydrogen) atoms. The molecule has 102 valence electrons. The predicted molar refractivity (Wildman–Crippen MR) is 74.4 cm³/mol. The third kappa shape index (κ3) is 3.82. The fourth-order valence-electron chi connectivity index (χ4n) is 2.70. The van der Waals surface area contributed by atoms with Crippen molar-refractivity contribution in [1.82, 2.24) is 19.8 Å². The van der Waals surface area contributed by atoms with E-state index in [4.69, 9.17) is 0 Å². The molecule has 2 rings (SSSR count). The number of likely N-dealkylation sites (tertiary alicyclic amines) is 1. The molecule has 0 amide bonds. The van der Waals surface area contributed by atoms with Gasteiger partial charge < -0.3 is 14.8 Å². The maximum Gasteiger partial charge on any atom is 0.122 e. The van der Waals surface area contributed by atoms with Gasteiger partial charge in [-0.15, -0.1) is 0 Å². The summed E-state index contributed by atoms with van der Waals surface area (Å²) >= 11 is 0. The van der Waals surface area contributed by atoms with Crippen molar-refractivity contribution in [3.63, 3.8) is 0 Å². The van der Waals surface area contributed by atoms with E-state index in [2.05, 4.69) is 33.6 Å². The summed E-state index contributed by atoms with van der Waals surface area (Å²) in [5.41, 5.74) is 0. The largest absolute Gasteiger partial charge is 0.334 e. The van der Waals surface area contributed by atoms with Crippen molar-refractivity contribution in [2.45, 2.75) is 39.8 Å². The average molecular weight is 250 g/mol. The van der Waals surface area contributed by atoms with Crippen molar-refractivity contribution in [2.24, 2.45) is 5.92 Å².